The molecule has 0 bridgehead atoms. The summed E-state index contributed by atoms with van der Waals surface area (Å²) in [5.41, 5.74) is 5.62. The number of hydrogen-bond donors (Lipinski definition) is 1. The lowest BCUT2D eigenvalue weighted by molar-refractivity contribution is 0.322. The second-order valence-corrected chi connectivity index (χ2v) is 5.68. The highest BCUT2D eigenvalue weighted by Gasteiger charge is 2.27. The van der Waals surface area contributed by atoms with Crippen molar-refractivity contribution < 1.29 is 5.11 Å². The van der Waals surface area contributed by atoms with Gasteiger partial charge in [-0.15, -0.1) is 0 Å². The highest BCUT2D eigenvalue weighted by molar-refractivity contribution is 7.99. The van der Waals surface area contributed by atoms with Gasteiger partial charge in [0, 0.05) is 17.4 Å². The average molecular weight is 256 g/mol. The van der Waals surface area contributed by atoms with Gasteiger partial charge in [-0.3, -0.25) is 0 Å². The fourth-order valence-corrected chi connectivity index (χ4v) is 3.60. The van der Waals surface area contributed by atoms with Gasteiger partial charge in [0.2, 0.25) is 0 Å². The number of thioether (sulfide) groups is 1. The van der Waals surface area contributed by atoms with E-state index in [1.165, 1.54) is 22.3 Å². The van der Waals surface area contributed by atoms with Crippen molar-refractivity contribution in [1.29, 1.82) is 0 Å². The van der Waals surface area contributed by atoms with Crippen LogP contribution in [0.1, 0.15) is 17.0 Å². The van der Waals surface area contributed by atoms with E-state index in [4.69, 9.17) is 5.11 Å². The summed E-state index contributed by atoms with van der Waals surface area (Å²) in [6, 6.07) is 17.4. The zero-order chi connectivity index (χ0) is 12.4. The smallest absolute Gasteiger partial charge is 0.0521 e. The van der Waals surface area contributed by atoms with Gasteiger partial charge >= 0.3 is 0 Å². The van der Waals surface area contributed by atoms with E-state index in [-0.39, 0.29) is 6.61 Å². The molecule has 0 saturated heterocycles. The van der Waals surface area contributed by atoms with Gasteiger partial charge in [0.1, 0.15) is 0 Å². The van der Waals surface area contributed by atoms with Crippen molar-refractivity contribution >= 4 is 11.8 Å². The minimum atomic E-state index is 0.265. The maximum absolute atomic E-state index is 8.91. The Labute approximate surface area is 112 Å². The van der Waals surface area contributed by atoms with E-state index >= 15 is 0 Å². The topological polar surface area (TPSA) is 20.2 Å². The van der Waals surface area contributed by atoms with Gasteiger partial charge in [-0.25, -0.2) is 0 Å². The monoisotopic (exact) mass is 256 g/mol. The average Bonchev–Trinajstić information content (AvgIpc) is 2.74. The SMILES string of the molecule is OCCSCC1c2ccccc2-c2ccccc21. The van der Waals surface area contributed by atoms with Crippen molar-refractivity contribution in [2.45, 2.75) is 5.92 Å². The summed E-state index contributed by atoms with van der Waals surface area (Å²) in [4.78, 5) is 0. The first-order chi connectivity index (χ1) is 8.92. The van der Waals surface area contributed by atoms with Gasteiger partial charge < -0.3 is 5.11 Å². The second kappa shape index (κ2) is 5.17. The first-order valence-electron chi connectivity index (χ1n) is 6.28. The number of hydrogen-bond acceptors (Lipinski definition) is 2. The lowest BCUT2D eigenvalue weighted by Gasteiger charge is -2.12. The first kappa shape index (κ1) is 11.8. The molecule has 0 saturated carbocycles. The van der Waals surface area contributed by atoms with Crippen LogP contribution in [-0.4, -0.2) is 23.2 Å². The number of benzene rings is 2. The van der Waals surface area contributed by atoms with Crippen LogP contribution in [0.3, 0.4) is 0 Å². The van der Waals surface area contributed by atoms with E-state index < -0.39 is 0 Å². The van der Waals surface area contributed by atoms with Crippen molar-refractivity contribution in [1.82, 2.24) is 0 Å². The normalized spacial score (nSPS) is 13.4. The number of rotatable bonds is 4. The van der Waals surface area contributed by atoms with Crippen LogP contribution in [0, 0.1) is 0 Å². The summed E-state index contributed by atoms with van der Waals surface area (Å²) in [5, 5.41) is 8.91. The molecular formula is C16H16OS. The molecule has 1 nitrogen and oxygen atoms in total. The fourth-order valence-electron chi connectivity index (χ4n) is 2.71. The minimum Gasteiger partial charge on any atom is -0.396 e. The minimum absolute atomic E-state index is 0.265. The predicted molar refractivity (Wildman–Crippen MR) is 78.1 cm³/mol. The molecule has 0 aliphatic heterocycles. The van der Waals surface area contributed by atoms with Crippen LogP contribution >= 0.6 is 11.8 Å². The highest BCUT2D eigenvalue weighted by atomic mass is 32.2. The first-order valence-corrected chi connectivity index (χ1v) is 7.44. The molecule has 1 aliphatic rings. The number of aliphatic hydroxyl groups is 1. The Morgan fingerprint density at radius 1 is 0.889 bits per heavy atom. The van der Waals surface area contributed by atoms with Crippen LogP contribution in [0.15, 0.2) is 48.5 Å². The standard InChI is InChI=1S/C16H16OS/c17-9-10-18-11-16-14-7-3-1-5-12(14)13-6-2-4-8-15(13)16/h1-8,16-17H,9-11H2. The van der Waals surface area contributed by atoms with E-state index in [1.807, 2.05) is 11.8 Å². The molecule has 18 heavy (non-hydrogen) atoms. The van der Waals surface area contributed by atoms with Gasteiger partial charge in [-0.05, 0) is 22.3 Å². The van der Waals surface area contributed by atoms with E-state index in [0.717, 1.165) is 11.5 Å². The van der Waals surface area contributed by atoms with Crippen molar-refractivity contribution in [2.24, 2.45) is 0 Å². The highest BCUT2D eigenvalue weighted by Crippen LogP contribution is 2.45. The molecule has 0 atom stereocenters. The molecule has 1 N–H and O–H groups in total. The molecule has 0 unspecified atom stereocenters. The third-order valence-corrected chi connectivity index (χ3v) is 4.52. The number of fused-ring (bicyclic) bond motifs is 3. The Bertz CT molecular complexity index is 505. The van der Waals surface area contributed by atoms with Gasteiger partial charge in [-0.1, -0.05) is 48.5 Å². The van der Waals surface area contributed by atoms with Crippen LogP contribution in [-0.2, 0) is 0 Å². The van der Waals surface area contributed by atoms with Crippen LogP contribution < -0.4 is 0 Å². The van der Waals surface area contributed by atoms with E-state index in [0.29, 0.717) is 5.92 Å². The Kier molecular flexibility index (Phi) is 3.39. The van der Waals surface area contributed by atoms with Gasteiger partial charge in [0.15, 0.2) is 0 Å². The van der Waals surface area contributed by atoms with Crippen molar-refractivity contribution in [3.8, 4) is 11.1 Å². The molecule has 1 aliphatic carbocycles. The van der Waals surface area contributed by atoms with E-state index in [9.17, 15) is 0 Å². The Morgan fingerprint density at radius 2 is 1.44 bits per heavy atom. The van der Waals surface area contributed by atoms with Crippen LogP contribution in [0.2, 0.25) is 0 Å². The quantitative estimate of drug-likeness (QED) is 0.845. The molecular weight excluding hydrogens is 240 g/mol. The maximum Gasteiger partial charge on any atom is 0.0521 e. The zero-order valence-corrected chi connectivity index (χ0v) is 11.0. The summed E-state index contributed by atoms with van der Waals surface area (Å²) in [5.74, 6) is 2.35. The molecule has 0 spiro atoms. The van der Waals surface area contributed by atoms with Crippen molar-refractivity contribution in [2.75, 3.05) is 18.1 Å². The Balaban J connectivity index is 1.98. The zero-order valence-electron chi connectivity index (χ0n) is 10.2. The molecule has 3 rings (SSSR count). The molecule has 0 amide bonds. The summed E-state index contributed by atoms with van der Waals surface area (Å²) >= 11 is 1.83. The van der Waals surface area contributed by atoms with Gasteiger partial charge in [0.25, 0.3) is 0 Å². The molecule has 2 aromatic rings. The molecule has 92 valence electrons. The summed E-state index contributed by atoms with van der Waals surface area (Å²) in [6.07, 6.45) is 0. The summed E-state index contributed by atoms with van der Waals surface area (Å²) in [6.45, 7) is 0.265. The van der Waals surface area contributed by atoms with Crippen molar-refractivity contribution in [3.63, 3.8) is 0 Å². The summed E-state index contributed by atoms with van der Waals surface area (Å²) < 4.78 is 0. The fraction of sp³-hybridized carbons (Fsp3) is 0.250. The van der Waals surface area contributed by atoms with Crippen LogP contribution in [0.25, 0.3) is 11.1 Å². The van der Waals surface area contributed by atoms with Crippen LogP contribution in [0.4, 0.5) is 0 Å². The molecule has 0 heterocycles. The third kappa shape index (κ3) is 1.96. The van der Waals surface area contributed by atoms with Crippen molar-refractivity contribution in [3.05, 3.63) is 59.7 Å². The molecule has 2 heteroatoms. The lowest BCUT2D eigenvalue weighted by Crippen LogP contribution is -2.01. The van der Waals surface area contributed by atoms with Gasteiger partial charge in [-0.2, -0.15) is 11.8 Å². The number of aliphatic hydroxyl groups excluding tert-OH is 1. The molecule has 0 radical (unpaired) electrons. The van der Waals surface area contributed by atoms with E-state index in [2.05, 4.69) is 48.5 Å². The molecule has 2 aromatic carbocycles. The third-order valence-electron chi connectivity index (χ3n) is 3.48. The van der Waals surface area contributed by atoms with Gasteiger partial charge in [0.05, 0.1) is 6.61 Å². The lowest BCUT2D eigenvalue weighted by atomic mass is 9.99. The maximum atomic E-state index is 8.91. The second-order valence-electron chi connectivity index (χ2n) is 4.53. The summed E-state index contributed by atoms with van der Waals surface area (Å²) in [7, 11) is 0. The molecule has 0 aromatic heterocycles. The Hall–Kier alpha value is -1.25. The van der Waals surface area contributed by atoms with Crippen LogP contribution in [0.5, 0.6) is 0 Å². The Morgan fingerprint density at radius 3 is 2.00 bits per heavy atom. The largest absolute Gasteiger partial charge is 0.396 e. The van der Waals surface area contributed by atoms with E-state index in [1.54, 1.807) is 0 Å². The molecule has 0 fully saturated rings. The predicted octanol–water partition coefficient (Wildman–Crippen LogP) is 3.52.